The molecule has 1 aliphatic rings. The molecule has 0 saturated carbocycles. The number of rotatable bonds is 5. The molecule has 128 valence electrons. The summed E-state index contributed by atoms with van der Waals surface area (Å²) in [5, 5.41) is 0. The van der Waals surface area contributed by atoms with E-state index in [9.17, 15) is 0 Å². The van der Waals surface area contributed by atoms with Crippen LogP contribution in [0.2, 0.25) is 0 Å². The summed E-state index contributed by atoms with van der Waals surface area (Å²) >= 11 is 0. The molecule has 0 spiro atoms. The second-order valence-electron chi connectivity index (χ2n) is 6.91. The summed E-state index contributed by atoms with van der Waals surface area (Å²) in [5.74, 6) is 0. The Balaban J connectivity index is 0.00000208. The lowest BCUT2D eigenvalue weighted by atomic mass is 10.0. The van der Waals surface area contributed by atoms with Gasteiger partial charge in [-0.15, -0.1) is 0 Å². The van der Waals surface area contributed by atoms with Gasteiger partial charge in [0.15, 0.2) is 0 Å². The Hall–Kier alpha value is -1.57. The number of benzene rings is 2. The first-order chi connectivity index (χ1) is 11.3. The fourth-order valence-corrected chi connectivity index (χ4v) is 3.94. The number of halogens is 1. The van der Waals surface area contributed by atoms with E-state index in [1.165, 1.54) is 59.9 Å². The quantitative estimate of drug-likeness (QED) is 0.733. The average molecular weight is 342 g/mol. The zero-order chi connectivity index (χ0) is 16.0. The third-order valence-electron chi connectivity index (χ3n) is 5.16. The molecule has 1 fully saturated rings. The zero-order valence-electron chi connectivity index (χ0n) is 14.5. The standard InChI is InChI=1S/C22H28N.ClH/c1-2-21-14-8-9-15-22(21)19-23(16-10-3-4-11-17-23)18-20-12-6-5-7-13-20;/h2,5-9,12-15H,1,3-4,10-11,16-19H2;1H/q+1;/p-1. The summed E-state index contributed by atoms with van der Waals surface area (Å²) in [6.45, 7) is 8.85. The molecule has 0 atom stereocenters. The maximum absolute atomic E-state index is 4.00. The van der Waals surface area contributed by atoms with E-state index in [1.54, 1.807) is 0 Å². The van der Waals surface area contributed by atoms with E-state index < -0.39 is 0 Å². The summed E-state index contributed by atoms with van der Waals surface area (Å²) in [5.41, 5.74) is 4.20. The van der Waals surface area contributed by atoms with Gasteiger partial charge < -0.3 is 16.9 Å². The Bertz CT molecular complexity index is 627. The van der Waals surface area contributed by atoms with E-state index in [1.807, 2.05) is 6.08 Å². The molecule has 0 aromatic heterocycles. The maximum atomic E-state index is 4.00. The minimum Gasteiger partial charge on any atom is -1.00 e. The lowest BCUT2D eigenvalue weighted by molar-refractivity contribution is -0.953. The molecule has 3 rings (SSSR count). The molecule has 0 unspecified atom stereocenters. The maximum Gasteiger partial charge on any atom is 0.105 e. The molecule has 0 bridgehead atoms. The smallest absolute Gasteiger partial charge is 0.105 e. The van der Waals surface area contributed by atoms with Gasteiger partial charge in [-0.1, -0.05) is 67.3 Å². The molecule has 2 aromatic carbocycles. The Morgan fingerprint density at radius 1 is 0.792 bits per heavy atom. The fourth-order valence-electron chi connectivity index (χ4n) is 3.94. The van der Waals surface area contributed by atoms with Gasteiger partial charge in [-0.2, -0.15) is 0 Å². The number of hydrogen-bond donors (Lipinski definition) is 0. The van der Waals surface area contributed by atoms with E-state index in [0.717, 1.165) is 13.1 Å². The molecule has 24 heavy (non-hydrogen) atoms. The van der Waals surface area contributed by atoms with Gasteiger partial charge in [0.1, 0.15) is 13.1 Å². The predicted molar refractivity (Wildman–Crippen MR) is 98.8 cm³/mol. The summed E-state index contributed by atoms with van der Waals surface area (Å²) < 4.78 is 1.19. The molecular formula is C22H28ClN. The monoisotopic (exact) mass is 341 g/mol. The highest BCUT2D eigenvalue weighted by Gasteiger charge is 2.29. The largest absolute Gasteiger partial charge is 1.00 e. The first-order valence-corrected chi connectivity index (χ1v) is 8.91. The molecule has 0 aliphatic carbocycles. The molecule has 1 saturated heterocycles. The molecule has 1 heterocycles. The number of nitrogens with zero attached hydrogens (tertiary/aromatic N) is 1. The Kier molecular flexibility index (Phi) is 7.08. The lowest BCUT2D eigenvalue weighted by Crippen LogP contribution is -3.00. The molecule has 0 amide bonds. The van der Waals surface area contributed by atoms with Gasteiger partial charge in [0.2, 0.25) is 0 Å². The Morgan fingerprint density at radius 2 is 1.42 bits per heavy atom. The highest BCUT2D eigenvalue weighted by molar-refractivity contribution is 5.51. The predicted octanol–water partition coefficient (Wildman–Crippen LogP) is 2.42. The first-order valence-electron chi connectivity index (χ1n) is 8.91. The second-order valence-corrected chi connectivity index (χ2v) is 6.91. The van der Waals surface area contributed by atoms with Crippen LogP contribution >= 0.6 is 0 Å². The first kappa shape index (κ1) is 18.8. The number of quaternary nitrogens is 1. The van der Waals surface area contributed by atoms with Crippen LogP contribution in [0, 0.1) is 0 Å². The minimum atomic E-state index is 0. The van der Waals surface area contributed by atoms with Crippen molar-refractivity contribution in [1.29, 1.82) is 0 Å². The van der Waals surface area contributed by atoms with Gasteiger partial charge in [0.25, 0.3) is 0 Å². The van der Waals surface area contributed by atoms with Gasteiger partial charge >= 0.3 is 0 Å². The van der Waals surface area contributed by atoms with Gasteiger partial charge in [-0.3, -0.25) is 0 Å². The van der Waals surface area contributed by atoms with Crippen molar-refractivity contribution < 1.29 is 16.9 Å². The number of likely N-dealkylation sites (tertiary alicyclic amines) is 1. The molecule has 2 aromatic rings. The Labute approximate surface area is 153 Å². The van der Waals surface area contributed by atoms with Crippen LogP contribution in [-0.4, -0.2) is 17.6 Å². The summed E-state index contributed by atoms with van der Waals surface area (Å²) in [7, 11) is 0. The molecule has 1 aliphatic heterocycles. The van der Waals surface area contributed by atoms with Gasteiger partial charge in [0.05, 0.1) is 13.1 Å². The molecule has 2 heteroatoms. The molecular weight excluding hydrogens is 314 g/mol. The SMILES string of the molecule is C=Cc1ccccc1C[N+]1(Cc2ccccc2)CCCCCC1.[Cl-]. The van der Waals surface area contributed by atoms with E-state index >= 15 is 0 Å². The molecule has 0 radical (unpaired) electrons. The van der Waals surface area contributed by atoms with Crippen molar-refractivity contribution in [3.63, 3.8) is 0 Å². The van der Waals surface area contributed by atoms with Crippen LogP contribution < -0.4 is 12.4 Å². The van der Waals surface area contributed by atoms with Crippen LogP contribution in [0.1, 0.15) is 42.4 Å². The van der Waals surface area contributed by atoms with Crippen LogP contribution in [0.3, 0.4) is 0 Å². The van der Waals surface area contributed by atoms with Crippen molar-refractivity contribution in [2.45, 2.75) is 38.8 Å². The van der Waals surface area contributed by atoms with Crippen LogP contribution in [-0.2, 0) is 13.1 Å². The second kappa shape index (κ2) is 9.05. The van der Waals surface area contributed by atoms with Crippen molar-refractivity contribution in [3.05, 3.63) is 77.9 Å². The Morgan fingerprint density at radius 3 is 2.08 bits per heavy atom. The van der Waals surface area contributed by atoms with Gasteiger partial charge in [-0.25, -0.2) is 0 Å². The summed E-state index contributed by atoms with van der Waals surface area (Å²) in [6, 6.07) is 19.8. The van der Waals surface area contributed by atoms with Crippen molar-refractivity contribution in [1.82, 2.24) is 0 Å². The topological polar surface area (TPSA) is 0 Å². The van der Waals surface area contributed by atoms with Crippen molar-refractivity contribution in [2.24, 2.45) is 0 Å². The van der Waals surface area contributed by atoms with E-state index in [0.29, 0.717) is 0 Å². The van der Waals surface area contributed by atoms with Gasteiger partial charge in [0, 0.05) is 11.1 Å². The average Bonchev–Trinajstić information content (AvgIpc) is 2.82. The normalized spacial score (nSPS) is 16.7. The molecule has 1 nitrogen and oxygen atoms in total. The third kappa shape index (κ3) is 4.72. The number of hydrogen-bond acceptors (Lipinski definition) is 0. The lowest BCUT2D eigenvalue weighted by Gasteiger charge is -2.38. The summed E-state index contributed by atoms with van der Waals surface area (Å²) in [6.07, 6.45) is 7.48. The summed E-state index contributed by atoms with van der Waals surface area (Å²) in [4.78, 5) is 0. The van der Waals surface area contributed by atoms with Gasteiger partial charge in [-0.05, 0) is 31.2 Å². The van der Waals surface area contributed by atoms with Crippen LogP contribution in [0.15, 0.2) is 61.2 Å². The third-order valence-corrected chi connectivity index (χ3v) is 5.16. The minimum absolute atomic E-state index is 0. The molecule has 0 N–H and O–H groups in total. The van der Waals surface area contributed by atoms with Crippen molar-refractivity contribution in [2.75, 3.05) is 13.1 Å². The fraction of sp³-hybridized carbons (Fsp3) is 0.364. The van der Waals surface area contributed by atoms with E-state index in [4.69, 9.17) is 0 Å². The van der Waals surface area contributed by atoms with Crippen LogP contribution in [0.25, 0.3) is 6.08 Å². The van der Waals surface area contributed by atoms with Crippen molar-refractivity contribution in [3.8, 4) is 0 Å². The highest BCUT2D eigenvalue weighted by atomic mass is 35.5. The highest BCUT2D eigenvalue weighted by Crippen LogP contribution is 2.27. The van der Waals surface area contributed by atoms with E-state index in [-0.39, 0.29) is 12.4 Å². The van der Waals surface area contributed by atoms with Crippen LogP contribution in [0.5, 0.6) is 0 Å². The van der Waals surface area contributed by atoms with Crippen LogP contribution in [0.4, 0.5) is 0 Å². The van der Waals surface area contributed by atoms with Crippen molar-refractivity contribution >= 4 is 6.08 Å². The van der Waals surface area contributed by atoms with E-state index in [2.05, 4.69) is 61.2 Å². The zero-order valence-corrected chi connectivity index (χ0v) is 15.2.